The molecule has 0 aliphatic rings. The van der Waals surface area contributed by atoms with E-state index in [0.717, 1.165) is 11.4 Å². The van der Waals surface area contributed by atoms with Gasteiger partial charge >= 0.3 is 0 Å². The lowest BCUT2D eigenvalue weighted by molar-refractivity contribution is 1.20. The van der Waals surface area contributed by atoms with Gasteiger partial charge in [-0.3, -0.25) is 4.98 Å². The zero-order valence-corrected chi connectivity index (χ0v) is 11.9. The third kappa shape index (κ3) is 3.10. The van der Waals surface area contributed by atoms with E-state index < -0.39 is 0 Å². The van der Waals surface area contributed by atoms with Crippen LogP contribution in [0.4, 0.5) is 5.69 Å². The topological polar surface area (TPSA) is 24.9 Å². The molecule has 0 saturated heterocycles. The molecule has 0 spiro atoms. The molecular formula is C16H22N2. The molecule has 96 valence electrons. The normalized spacial score (nSPS) is 9.39. The first-order valence-electron chi connectivity index (χ1n) is 6.43. The van der Waals surface area contributed by atoms with Crippen molar-refractivity contribution in [1.29, 1.82) is 0 Å². The van der Waals surface area contributed by atoms with E-state index in [9.17, 15) is 0 Å². The van der Waals surface area contributed by atoms with Gasteiger partial charge in [-0.2, -0.15) is 0 Å². The Kier molecular flexibility index (Phi) is 5.37. The molecule has 0 aliphatic heterocycles. The minimum atomic E-state index is 1.04. The van der Waals surface area contributed by atoms with Gasteiger partial charge in [0.25, 0.3) is 0 Å². The van der Waals surface area contributed by atoms with Gasteiger partial charge in [0.1, 0.15) is 0 Å². The monoisotopic (exact) mass is 242 g/mol. The Morgan fingerprint density at radius 2 is 1.67 bits per heavy atom. The minimum Gasteiger partial charge on any atom is -0.386 e. The lowest BCUT2D eigenvalue weighted by Gasteiger charge is -2.11. The molecule has 0 atom stereocenters. The summed E-state index contributed by atoms with van der Waals surface area (Å²) in [6.45, 7) is 8.14. The third-order valence-corrected chi connectivity index (χ3v) is 2.75. The molecule has 0 radical (unpaired) electrons. The van der Waals surface area contributed by atoms with Crippen LogP contribution in [0.5, 0.6) is 0 Å². The number of anilines is 1. The predicted molar refractivity (Wildman–Crippen MR) is 80.0 cm³/mol. The van der Waals surface area contributed by atoms with Crippen LogP contribution in [0.25, 0.3) is 11.1 Å². The van der Waals surface area contributed by atoms with Crippen LogP contribution in [0.3, 0.4) is 0 Å². The molecule has 2 rings (SSSR count). The first-order chi connectivity index (χ1) is 8.72. The minimum absolute atomic E-state index is 1.04. The van der Waals surface area contributed by atoms with Crippen molar-refractivity contribution in [3.05, 3.63) is 47.8 Å². The summed E-state index contributed by atoms with van der Waals surface area (Å²) in [6.07, 6.45) is 1.89. The van der Waals surface area contributed by atoms with Crippen LogP contribution in [-0.2, 0) is 0 Å². The van der Waals surface area contributed by atoms with E-state index in [2.05, 4.69) is 47.6 Å². The van der Waals surface area contributed by atoms with Gasteiger partial charge in [-0.25, -0.2) is 0 Å². The number of aryl methyl sites for hydroxylation is 2. The second-order valence-electron chi connectivity index (χ2n) is 3.94. The maximum atomic E-state index is 4.30. The number of aromatic nitrogens is 1. The van der Waals surface area contributed by atoms with Gasteiger partial charge < -0.3 is 5.32 Å². The average molecular weight is 242 g/mol. The molecule has 0 saturated carbocycles. The quantitative estimate of drug-likeness (QED) is 0.842. The van der Waals surface area contributed by atoms with E-state index in [-0.39, 0.29) is 0 Å². The fraction of sp³-hybridized carbons (Fsp3) is 0.312. The molecule has 1 aromatic carbocycles. The molecule has 0 amide bonds. The molecule has 1 heterocycles. The second kappa shape index (κ2) is 6.80. The SMILES string of the molecule is CC.CNc1cnc(C)cc1-c1ccccc1C. The number of benzene rings is 1. The molecule has 1 N–H and O–H groups in total. The van der Waals surface area contributed by atoms with Crippen molar-refractivity contribution in [2.24, 2.45) is 0 Å². The van der Waals surface area contributed by atoms with Crippen molar-refractivity contribution in [2.75, 3.05) is 12.4 Å². The molecule has 0 fully saturated rings. The van der Waals surface area contributed by atoms with Crippen molar-refractivity contribution in [3.63, 3.8) is 0 Å². The zero-order chi connectivity index (χ0) is 13.5. The van der Waals surface area contributed by atoms with Crippen molar-refractivity contribution < 1.29 is 0 Å². The van der Waals surface area contributed by atoms with Gasteiger partial charge in [0.2, 0.25) is 0 Å². The lowest BCUT2D eigenvalue weighted by atomic mass is 9.99. The standard InChI is InChI=1S/C14H16N2.C2H6/c1-10-6-4-5-7-12(10)13-8-11(2)16-9-14(13)15-3;1-2/h4-9,15H,1-3H3;1-2H3. The summed E-state index contributed by atoms with van der Waals surface area (Å²) in [6, 6.07) is 10.5. The van der Waals surface area contributed by atoms with Crippen LogP contribution < -0.4 is 5.32 Å². The Morgan fingerprint density at radius 1 is 1.00 bits per heavy atom. The molecule has 0 aliphatic carbocycles. The van der Waals surface area contributed by atoms with E-state index >= 15 is 0 Å². The van der Waals surface area contributed by atoms with Crippen molar-refractivity contribution in [2.45, 2.75) is 27.7 Å². The summed E-state index contributed by atoms with van der Waals surface area (Å²) < 4.78 is 0. The van der Waals surface area contributed by atoms with Crippen molar-refractivity contribution >= 4 is 5.69 Å². The van der Waals surface area contributed by atoms with Crippen molar-refractivity contribution in [1.82, 2.24) is 4.98 Å². The Labute approximate surface area is 110 Å². The number of hydrogen-bond acceptors (Lipinski definition) is 2. The molecule has 1 aromatic heterocycles. The van der Waals surface area contributed by atoms with Crippen LogP contribution in [-0.4, -0.2) is 12.0 Å². The van der Waals surface area contributed by atoms with Gasteiger partial charge in [0.15, 0.2) is 0 Å². The lowest BCUT2D eigenvalue weighted by Crippen LogP contribution is -1.95. The van der Waals surface area contributed by atoms with Gasteiger partial charge in [-0.15, -0.1) is 0 Å². The number of rotatable bonds is 2. The van der Waals surface area contributed by atoms with Crippen LogP contribution in [0.2, 0.25) is 0 Å². The summed E-state index contributed by atoms with van der Waals surface area (Å²) in [5.74, 6) is 0. The molecular weight excluding hydrogens is 220 g/mol. The molecule has 0 unspecified atom stereocenters. The van der Waals surface area contributed by atoms with Gasteiger partial charge in [0.05, 0.1) is 11.9 Å². The number of hydrogen-bond donors (Lipinski definition) is 1. The van der Waals surface area contributed by atoms with E-state index in [1.165, 1.54) is 16.7 Å². The Bertz CT molecular complexity index is 504. The number of nitrogens with one attached hydrogen (secondary N) is 1. The summed E-state index contributed by atoms with van der Waals surface area (Å²) in [5, 5.41) is 3.19. The van der Waals surface area contributed by atoms with Crippen LogP contribution in [0.1, 0.15) is 25.1 Å². The Morgan fingerprint density at radius 3 is 2.28 bits per heavy atom. The van der Waals surface area contributed by atoms with Crippen LogP contribution in [0, 0.1) is 13.8 Å². The fourth-order valence-corrected chi connectivity index (χ4v) is 1.86. The maximum absolute atomic E-state index is 4.30. The van der Waals surface area contributed by atoms with Gasteiger partial charge in [-0.05, 0) is 31.0 Å². The highest BCUT2D eigenvalue weighted by molar-refractivity contribution is 5.79. The third-order valence-electron chi connectivity index (χ3n) is 2.75. The largest absolute Gasteiger partial charge is 0.386 e. The molecule has 2 heteroatoms. The van der Waals surface area contributed by atoms with E-state index in [1.54, 1.807) is 0 Å². The van der Waals surface area contributed by atoms with E-state index in [1.807, 2.05) is 34.0 Å². The fourth-order valence-electron chi connectivity index (χ4n) is 1.86. The first-order valence-corrected chi connectivity index (χ1v) is 6.43. The molecule has 18 heavy (non-hydrogen) atoms. The number of nitrogens with zero attached hydrogens (tertiary/aromatic N) is 1. The highest BCUT2D eigenvalue weighted by atomic mass is 14.9. The Balaban J connectivity index is 0.000000771. The molecule has 2 nitrogen and oxygen atoms in total. The second-order valence-corrected chi connectivity index (χ2v) is 3.94. The zero-order valence-electron chi connectivity index (χ0n) is 11.9. The van der Waals surface area contributed by atoms with Crippen LogP contribution >= 0.6 is 0 Å². The summed E-state index contributed by atoms with van der Waals surface area (Å²) in [4.78, 5) is 4.30. The smallest absolute Gasteiger partial charge is 0.0604 e. The summed E-state index contributed by atoms with van der Waals surface area (Å²) >= 11 is 0. The molecule has 2 aromatic rings. The first kappa shape index (κ1) is 14.2. The highest BCUT2D eigenvalue weighted by Crippen LogP contribution is 2.29. The van der Waals surface area contributed by atoms with E-state index in [4.69, 9.17) is 0 Å². The Hall–Kier alpha value is -1.83. The maximum Gasteiger partial charge on any atom is 0.0604 e. The van der Waals surface area contributed by atoms with Crippen LogP contribution in [0.15, 0.2) is 36.5 Å². The predicted octanol–water partition coefficient (Wildman–Crippen LogP) is 4.43. The summed E-state index contributed by atoms with van der Waals surface area (Å²) in [5.41, 5.74) is 5.87. The summed E-state index contributed by atoms with van der Waals surface area (Å²) in [7, 11) is 1.92. The van der Waals surface area contributed by atoms with Gasteiger partial charge in [0, 0.05) is 18.3 Å². The van der Waals surface area contributed by atoms with Gasteiger partial charge in [-0.1, -0.05) is 38.1 Å². The molecule has 0 bridgehead atoms. The number of pyridine rings is 1. The van der Waals surface area contributed by atoms with E-state index in [0.29, 0.717) is 0 Å². The highest BCUT2D eigenvalue weighted by Gasteiger charge is 2.06. The average Bonchev–Trinajstić information content (AvgIpc) is 2.41. The van der Waals surface area contributed by atoms with Crippen molar-refractivity contribution in [3.8, 4) is 11.1 Å².